The number of imidazole rings is 1. The Labute approximate surface area is 147 Å². The van der Waals surface area contributed by atoms with Crippen molar-refractivity contribution >= 4 is 17.6 Å². The fraction of sp³-hybridized carbons (Fsp3) is 0.500. The molecule has 3 rings (SSSR count). The van der Waals surface area contributed by atoms with Gasteiger partial charge in [0.1, 0.15) is 11.2 Å². The summed E-state index contributed by atoms with van der Waals surface area (Å²) in [6, 6.07) is 5.76. The number of piperazine rings is 1. The Kier molecular flexibility index (Phi) is 4.65. The number of fused-ring (bicyclic) bond motifs is 1. The number of ether oxygens (including phenoxy) is 1. The Hall–Kier alpha value is -2.57. The highest BCUT2D eigenvalue weighted by Gasteiger charge is 2.27. The third-order valence-corrected chi connectivity index (χ3v) is 4.03. The average Bonchev–Trinajstić information content (AvgIpc) is 2.95. The van der Waals surface area contributed by atoms with Crippen molar-refractivity contribution in [2.75, 3.05) is 26.2 Å². The first-order chi connectivity index (χ1) is 11.8. The smallest absolute Gasteiger partial charge is 0.410 e. The van der Waals surface area contributed by atoms with Gasteiger partial charge in [-0.25, -0.2) is 9.78 Å². The zero-order valence-electron chi connectivity index (χ0n) is 14.9. The van der Waals surface area contributed by atoms with Crippen LogP contribution < -0.4 is 0 Å². The summed E-state index contributed by atoms with van der Waals surface area (Å²) in [6.07, 6.45) is 3.74. The van der Waals surface area contributed by atoms with Crippen LogP contribution in [0.25, 0.3) is 5.65 Å². The predicted octanol–water partition coefficient (Wildman–Crippen LogP) is 1.96. The van der Waals surface area contributed by atoms with Gasteiger partial charge in [0.05, 0.1) is 12.1 Å². The van der Waals surface area contributed by atoms with Gasteiger partial charge in [0.25, 0.3) is 0 Å². The summed E-state index contributed by atoms with van der Waals surface area (Å²) in [5, 5.41) is 0. The van der Waals surface area contributed by atoms with E-state index in [0.717, 1.165) is 11.3 Å². The van der Waals surface area contributed by atoms with E-state index in [-0.39, 0.29) is 18.4 Å². The summed E-state index contributed by atoms with van der Waals surface area (Å²) >= 11 is 0. The predicted molar refractivity (Wildman–Crippen MR) is 93.3 cm³/mol. The average molecular weight is 344 g/mol. The number of pyridine rings is 1. The summed E-state index contributed by atoms with van der Waals surface area (Å²) in [6.45, 7) is 7.56. The lowest BCUT2D eigenvalue weighted by Crippen LogP contribution is -2.52. The van der Waals surface area contributed by atoms with Crippen LogP contribution >= 0.6 is 0 Å². The Morgan fingerprint density at radius 2 is 1.80 bits per heavy atom. The zero-order valence-corrected chi connectivity index (χ0v) is 14.9. The minimum Gasteiger partial charge on any atom is -0.444 e. The van der Waals surface area contributed by atoms with E-state index in [0.29, 0.717) is 26.2 Å². The van der Waals surface area contributed by atoms with Gasteiger partial charge in [-0.2, -0.15) is 0 Å². The highest BCUT2D eigenvalue weighted by molar-refractivity contribution is 5.79. The van der Waals surface area contributed by atoms with Crippen molar-refractivity contribution in [1.29, 1.82) is 0 Å². The van der Waals surface area contributed by atoms with Crippen LogP contribution in [0.2, 0.25) is 0 Å². The fourth-order valence-electron chi connectivity index (χ4n) is 2.80. The minimum atomic E-state index is -0.507. The normalized spacial score (nSPS) is 15.5. The van der Waals surface area contributed by atoms with Crippen molar-refractivity contribution in [2.45, 2.75) is 32.8 Å². The van der Waals surface area contributed by atoms with Crippen LogP contribution in [0.4, 0.5) is 4.79 Å². The third-order valence-electron chi connectivity index (χ3n) is 4.03. The Morgan fingerprint density at radius 3 is 2.44 bits per heavy atom. The number of carbonyl (C=O) groups is 2. The summed E-state index contributed by atoms with van der Waals surface area (Å²) in [7, 11) is 0. The Balaban J connectivity index is 1.54. The standard InChI is InChI=1S/C18H24N4O3/c1-18(2,3)25-17(24)21-10-8-20(9-11-21)16(23)12-14-13-22-7-5-4-6-15(22)19-14/h4-7,13H,8-12H2,1-3H3. The van der Waals surface area contributed by atoms with Gasteiger partial charge in [-0.3, -0.25) is 4.79 Å². The van der Waals surface area contributed by atoms with Gasteiger partial charge in [0.15, 0.2) is 0 Å². The van der Waals surface area contributed by atoms with Crippen molar-refractivity contribution in [3.05, 3.63) is 36.3 Å². The molecule has 2 amide bonds. The highest BCUT2D eigenvalue weighted by atomic mass is 16.6. The van der Waals surface area contributed by atoms with Crippen molar-refractivity contribution in [2.24, 2.45) is 0 Å². The first kappa shape index (κ1) is 17.3. The molecule has 0 spiro atoms. The molecule has 0 saturated carbocycles. The van der Waals surface area contributed by atoms with E-state index in [1.807, 2.05) is 55.8 Å². The lowest BCUT2D eigenvalue weighted by Gasteiger charge is -2.35. The lowest BCUT2D eigenvalue weighted by molar-refractivity contribution is -0.132. The number of aromatic nitrogens is 2. The van der Waals surface area contributed by atoms with Gasteiger partial charge in [-0.1, -0.05) is 6.07 Å². The summed E-state index contributed by atoms with van der Waals surface area (Å²) in [4.78, 5) is 32.5. The molecule has 0 radical (unpaired) electrons. The number of amides is 2. The first-order valence-corrected chi connectivity index (χ1v) is 8.50. The maximum atomic E-state index is 12.5. The van der Waals surface area contributed by atoms with E-state index in [2.05, 4.69) is 4.98 Å². The Bertz CT molecular complexity index is 737. The monoisotopic (exact) mass is 344 g/mol. The maximum Gasteiger partial charge on any atom is 0.410 e. The molecule has 2 aromatic heterocycles. The quantitative estimate of drug-likeness (QED) is 0.835. The SMILES string of the molecule is CC(C)(C)OC(=O)N1CCN(C(=O)Cc2cn3ccccc3n2)CC1. The van der Waals surface area contributed by atoms with Gasteiger partial charge < -0.3 is 18.9 Å². The molecule has 0 unspecified atom stereocenters. The number of rotatable bonds is 2. The third kappa shape index (κ3) is 4.29. The molecule has 0 aliphatic carbocycles. The van der Waals surface area contributed by atoms with Crippen molar-refractivity contribution in [1.82, 2.24) is 19.2 Å². The summed E-state index contributed by atoms with van der Waals surface area (Å²) in [5.74, 6) is 0.0345. The molecular weight excluding hydrogens is 320 g/mol. The van der Waals surface area contributed by atoms with Crippen LogP contribution in [0.15, 0.2) is 30.6 Å². The highest BCUT2D eigenvalue weighted by Crippen LogP contribution is 2.13. The molecule has 7 nitrogen and oxygen atoms in total. The van der Waals surface area contributed by atoms with E-state index >= 15 is 0 Å². The van der Waals surface area contributed by atoms with Crippen LogP contribution in [0, 0.1) is 0 Å². The molecule has 0 bridgehead atoms. The van der Waals surface area contributed by atoms with E-state index < -0.39 is 5.60 Å². The van der Waals surface area contributed by atoms with E-state index in [1.54, 1.807) is 9.80 Å². The molecule has 1 saturated heterocycles. The van der Waals surface area contributed by atoms with Gasteiger partial charge in [-0.05, 0) is 32.9 Å². The lowest BCUT2D eigenvalue weighted by atomic mass is 10.2. The van der Waals surface area contributed by atoms with Crippen molar-refractivity contribution in [3.8, 4) is 0 Å². The second-order valence-electron chi connectivity index (χ2n) is 7.22. The van der Waals surface area contributed by atoms with Crippen molar-refractivity contribution < 1.29 is 14.3 Å². The van der Waals surface area contributed by atoms with Crippen molar-refractivity contribution in [3.63, 3.8) is 0 Å². The maximum absolute atomic E-state index is 12.5. The molecule has 0 aromatic carbocycles. The molecule has 7 heteroatoms. The van der Waals surface area contributed by atoms with Crippen LogP contribution in [0.5, 0.6) is 0 Å². The summed E-state index contributed by atoms with van der Waals surface area (Å²) < 4.78 is 7.28. The van der Waals surface area contributed by atoms with Gasteiger partial charge in [0.2, 0.25) is 5.91 Å². The number of hydrogen-bond donors (Lipinski definition) is 0. The number of nitrogens with zero attached hydrogens (tertiary/aromatic N) is 4. The second-order valence-corrected chi connectivity index (χ2v) is 7.22. The molecule has 3 heterocycles. The van der Waals surface area contributed by atoms with Gasteiger partial charge in [0, 0.05) is 38.6 Å². The summed E-state index contributed by atoms with van der Waals surface area (Å²) in [5.41, 5.74) is 1.08. The van der Waals surface area contributed by atoms with Crippen LogP contribution in [0.3, 0.4) is 0 Å². The molecule has 0 N–H and O–H groups in total. The fourth-order valence-corrected chi connectivity index (χ4v) is 2.80. The topological polar surface area (TPSA) is 67.2 Å². The number of hydrogen-bond acceptors (Lipinski definition) is 4. The zero-order chi connectivity index (χ0) is 18.0. The molecule has 1 aliphatic heterocycles. The van der Waals surface area contributed by atoms with Crippen LogP contribution in [0.1, 0.15) is 26.5 Å². The molecule has 2 aromatic rings. The molecule has 134 valence electrons. The largest absolute Gasteiger partial charge is 0.444 e. The van der Waals surface area contributed by atoms with Gasteiger partial charge >= 0.3 is 6.09 Å². The molecule has 1 aliphatic rings. The van der Waals surface area contributed by atoms with E-state index in [4.69, 9.17) is 4.74 Å². The minimum absolute atomic E-state index is 0.0345. The number of carbonyl (C=O) groups excluding carboxylic acids is 2. The second kappa shape index (κ2) is 6.74. The van der Waals surface area contributed by atoms with Crippen LogP contribution in [-0.2, 0) is 16.0 Å². The molecule has 0 atom stereocenters. The Morgan fingerprint density at radius 1 is 1.12 bits per heavy atom. The first-order valence-electron chi connectivity index (χ1n) is 8.50. The molecular formula is C18H24N4O3. The van der Waals surface area contributed by atoms with E-state index in [9.17, 15) is 9.59 Å². The van der Waals surface area contributed by atoms with Crippen LogP contribution in [-0.4, -0.2) is 63.0 Å². The van der Waals surface area contributed by atoms with E-state index in [1.165, 1.54) is 0 Å². The molecule has 25 heavy (non-hydrogen) atoms. The van der Waals surface area contributed by atoms with Gasteiger partial charge in [-0.15, -0.1) is 0 Å². The molecule has 1 fully saturated rings.